The molecular weight excluding hydrogens is 258 g/mol. The molecule has 0 radical (unpaired) electrons. The third kappa shape index (κ3) is 3.94. The van der Waals surface area contributed by atoms with Gasteiger partial charge in [0.1, 0.15) is 5.82 Å². The van der Waals surface area contributed by atoms with Crippen molar-refractivity contribution in [2.75, 3.05) is 19.4 Å². The molecule has 0 aliphatic rings. The number of pyridine rings is 1. The van der Waals surface area contributed by atoms with E-state index < -0.39 is 0 Å². The van der Waals surface area contributed by atoms with Crippen LogP contribution >= 0.6 is 11.6 Å². The highest BCUT2D eigenvalue weighted by Gasteiger charge is 2.07. The van der Waals surface area contributed by atoms with E-state index in [1.807, 2.05) is 25.2 Å². The van der Waals surface area contributed by atoms with Crippen LogP contribution < -0.4 is 5.32 Å². The molecule has 0 saturated carbocycles. The van der Waals surface area contributed by atoms with Crippen LogP contribution in [0.2, 0.25) is 5.02 Å². The van der Waals surface area contributed by atoms with Crippen LogP contribution in [0.5, 0.6) is 0 Å². The van der Waals surface area contributed by atoms with Crippen molar-refractivity contribution >= 4 is 17.4 Å². The first-order valence-corrected chi connectivity index (χ1v) is 6.62. The molecule has 1 aromatic carbocycles. The fourth-order valence-electron chi connectivity index (χ4n) is 1.94. The van der Waals surface area contributed by atoms with Crippen LogP contribution in [0.15, 0.2) is 42.5 Å². The number of aromatic nitrogens is 1. The van der Waals surface area contributed by atoms with Crippen molar-refractivity contribution in [3.05, 3.63) is 58.7 Å². The molecular formula is C15H18ClN3. The maximum absolute atomic E-state index is 6.18. The number of nitrogens with zero attached hydrogens (tertiary/aromatic N) is 2. The lowest BCUT2D eigenvalue weighted by atomic mass is 10.2. The summed E-state index contributed by atoms with van der Waals surface area (Å²) in [5.41, 5.74) is 2.18. The van der Waals surface area contributed by atoms with Crippen LogP contribution in [0, 0.1) is 0 Å². The van der Waals surface area contributed by atoms with E-state index in [-0.39, 0.29) is 0 Å². The number of benzene rings is 1. The lowest BCUT2D eigenvalue weighted by Crippen LogP contribution is -2.18. The van der Waals surface area contributed by atoms with Gasteiger partial charge in [0, 0.05) is 20.1 Å². The van der Waals surface area contributed by atoms with Crippen molar-refractivity contribution in [3.63, 3.8) is 0 Å². The summed E-state index contributed by atoms with van der Waals surface area (Å²) in [6, 6.07) is 14.1. The lowest BCUT2D eigenvalue weighted by molar-refractivity contribution is 0.315. The molecule has 2 aromatic rings. The molecule has 0 amide bonds. The van der Waals surface area contributed by atoms with Gasteiger partial charge in [0.2, 0.25) is 0 Å². The molecule has 3 nitrogen and oxygen atoms in total. The highest BCUT2D eigenvalue weighted by molar-refractivity contribution is 6.31. The normalized spacial score (nSPS) is 10.7. The highest BCUT2D eigenvalue weighted by atomic mass is 35.5. The van der Waals surface area contributed by atoms with E-state index in [4.69, 9.17) is 11.6 Å². The van der Waals surface area contributed by atoms with Crippen molar-refractivity contribution in [3.8, 4) is 0 Å². The van der Waals surface area contributed by atoms with Crippen LogP contribution in [0.3, 0.4) is 0 Å². The fourth-order valence-corrected chi connectivity index (χ4v) is 2.11. The molecule has 0 spiro atoms. The van der Waals surface area contributed by atoms with Gasteiger partial charge in [-0.2, -0.15) is 0 Å². The van der Waals surface area contributed by atoms with Gasteiger partial charge < -0.3 is 5.32 Å². The van der Waals surface area contributed by atoms with Gasteiger partial charge in [0.05, 0.1) is 10.7 Å². The van der Waals surface area contributed by atoms with Gasteiger partial charge in [-0.05, 0) is 24.7 Å². The molecule has 0 saturated heterocycles. The molecule has 1 heterocycles. The molecule has 0 aliphatic heterocycles. The zero-order valence-corrected chi connectivity index (χ0v) is 12.0. The molecule has 4 heteroatoms. The minimum atomic E-state index is 0.707. The Hall–Kier alpha value is -1.58. The van der Waals surface area contributed by atoms with Crippen LogP contribution in [0.4, 0.5) is 5.82 Å². The molecule has 19 heavy (non-hydrogen) atoms. The van der Waals surface area contributed by atoms with Crippen molar-refractivity contribution in [1.29, 1.82) is 0 Å². The summed E-state index contributed by atoms with van der Waals surface area (Å²) in [7, 11) is 3.92. The van der Waals surface area contributed by atoms with E-state index >= 15 is 0 Å². The Morgan fingerprint density at radius 1 is 1.11 bits per heavy atom. The predicted molar refractivity (Wildman–Crippen MR) is 80.4 cm³/mol. The monoisotopic (exact) mass is 275 g/mol. The van der Waals surface area contributed by atoms with Crippen molar-refractivity contribution in [1.82, 2.24) is 9.88 Å². The number of halogens is 1. The highest BCUT2D eigenvalue weighted by Crippen LogP contribution is 2.18. The van der Waals surface area contributed by atoms with E-state index in [0.29, 0.717) is 5.02 Å². The van der Waals surface area contributed by atoms with E-state index in [2.05, 4.69) is 46.5 Å². The fraction of sp³-hybridized carbons (Fsp3) is 0.267. The van der Waals surface area contributed by atoms with Gasteiger partial charge in [-0.3, -0.25) is 4.90 Å². The molecule has 0 aliphatic carbocycles. The van der Waals surface area contributed by atoms with Crippen LogP contribution in [-0.2, 0) is 13.1 Å². The van der Waals surface area contributed by atoms with Crippen molar-refractivity contribution in [2.45, 2.75) is 13.1 Å². The molecule has 2 rings (SSSR count). The van der Waals surface area contributed by atoms with Gasteiger partial charge in [-0.1, -0.05) is 41.9 Å². The molecule has 100 valence electrons. The summed E-state index contributed by atoms with van der Waals surface area (Å²) in [5.74, 6) is 0.840. The maximum Gasteiger partial charge on any atom is 0.126 e. The first kappa shape index (κ1) is 13.8. The minimum Gasteiger partial charge on any atom is -0.373 e. The van der Waals surface area contributed by atoms with Crippen molar-refractivity contribution in [2.24, 2.45) is 0 Å². The number of rotatable bonds is 5. The second kappa shape index (κ2) is 6.55. The van der Waals surface area contributed by atoms with E-state index in [0.717, 1.165) is 24.6 Å². The lowest BCUT2D eigenvalue weighted by Gasteiger charge is -2.17. The predicted octanol–water partition coefficient (Wildman–Crippen LogP) is 3.41. The first-order chi connectivity index (χ1) is 9.19. The molecule has 1 aromatic heterocycles. The third-order valence-electron chi connectivity index (χ3n) is 2.89. The Labute approximate surface area is 119 Å². The maximum atomic E-state index is 6.18. The first-order valence-electron chi connectivity index (χ1n) is 6.24. The summed E-state index contributed by atoms with van der Waals surface area (Å²) in [6.07, 6.45) is 0. The standard InChI is InChI=1S/C15H18ClN3/c1-17-15-9-8-13(16)14(18-15)11-19(2)10-12-6-4-3-5-7-12/h3-9H,10-11H2,1-2H3,(H,17,18). The van der Waals surface area contributed by atoms with E-state index in [1.165, 1.54) is 5.56 Å². The van der Waals surface area contributed by atoms with Gasteiger partial charge in [-0.15, -0.1) is 0 Å². The Morgan fingerprint density at radius 2 is 1.84 bits per heavy atom. The quantitative estimate of drug-likeness (QED) is 0.906. The average molecular weight is 276 g/mol. The van der Waals surface area contributed by atoms with Crippen molar-refractivity contribution < 1.29 is 0 Å². The Morgan fingerprint density at radius 3 is 2.53 bits per heavy atom. The summed E-state index contributed by atoms with van der Waals surface area (Å²) >= 11 is 6.18. The van der Waals surface area contributed by atoms with Crippen LogP contribution in [0.25, 0.3) is 0 Å². The van der Waals surface area contributed by atoms with E-state index in [9.17, 15) is 0 Å². The average Bonchev–Trinajstić information content (AvgIpc) is 2.42. The second-order valence-corrected chi connectivity index (χ2v) is 4.94. The Bertz CT molecular complexity index is 528. The SMILES string of the molecule is CNc1ccc(Cl)c(CN(C)Cc2ccccc2)n1. The Kier molecular flexibility index (Phi) is 4.77. The smallest absolute Gasteiger partial charge is 0.126 e. The number of anilines is 1. The zero-order valence-electron chi connectivity index (χ0n) is 11.2. The molecule has 0 atom stereocenters. The number of nitrogens with one attached hydrogen (secondary N) is 1. The molecule has 1 N–H and O–H groups in total. The third-order valence-corrected chi connectivity index (χ3v) is 3.23. The number of hydrogen-bond donors (Lipinski definition) is 1. The number of hydrogen-bond acceptors (Lipinski definition) is 3. The van der Waals surface area contributed by atoms with E-state index in [1.54, 1.807) is 0 Å². The summed E-state index contributed by atoms with van der Waals surface area (Å²) in [4.78, 5) is 6.69. The van der Waals surface area contributed by atoms with Crippen LogP contribution in [0.1, 0.15) is 11.3 Å². The van der Waals surface area contributed by atoms with Gasteiger partial charge in [-0.25, -0.2) is 4.98 Å². The van der Waals surface area contributed by atoms with Gasteiger partial charge >= 0.3 is 0 Å². The minimum absolute atomic E-state index is 0.707. The van der Waals surface area contributed by atoms with Gasteiger partial charge in [0.25, 0.3) is 0 Å². The van der Waals surface area contributed by atoms with Crippen LogP contribution in [-0.4, -0.2) is 24.0 Å². The molecule has 0 bridgehead atoms. The summed E-state index contributed by atoms with van der Waals surface area (Å²) in [5, 5.41) is 3.74. The molecule has 0 fully saturated rings. The summed E-state index contributed by atoms with van der Waals surface area (Å²) < 4.78 is 0. The second-order valence-electron chi connectivity index (χ2n) is 4.53. The Balaban J connectivity index is 2.04. The zero-order chi connectivity index (χ0) is 13.7. The van der Waals surface area contributed by atoms with Gasteiger partial charge in [0.15, 0.2) is 0 Å². The topological polar surface area (TPSA) is 28.2 Å². The largest absolute Gasteiger partial charge is 0.373 e. The summed E-state index contributed by atoms with van der Waals surface area (Å²) in [6.45, 7) is 1.60. The molecule has 0 unspecified atom stereocenters.